The van der Waals surface area contributed by atoms with E-state index in [4.69, 9.17) is 19.3 Å². The number of rotatable bonds is 11. The predicted molar refractivity (Wildman–Crippen MR) is 109 cm³/mol. The van der Waals surface area contributed by atoms with Crippen LogP contribution in [0.3, 0.4) is 0 Å². The number of sulfonamides is 1. The minimum absolute atomic E-state index is 0.0342. The molecule has 1 aromatic carbocycles. The highest BCUT2D eigenvalue weighted by Gasteiger charge is 2.29. The van der Waals surface area contributed by atoms with E-state index >= 15 is 0 Å². The van der Waals surface area contributed by atoms with Gasteiger partial charge in [0, 0.05) is 31.7 Å². The Hall–Kier alpha value is -1.94. The van der Waals surface area contributed by atoms with Crippen molar-refractivity contribution in [1.82, 2.24) is 5.32 Å². The molecule has 0 spiro atoms. The maximum Gasteiger partial charge on any atom is 0.241 e. The summed E-state index contributed by atoms with van der Waals surface area (Å²) in [6.07, 6.45) is 5.53. The molecule has 0 aromatic heterocycles. The van der Waals surface area contributed by atoms with Crippen LogP contribution >= 0.6 is 0 Å². The second kappa shape index (κ2) is 10.2. The van der Waals surface area contributed by atoms with Crippen molar-refractivity contribution >= 4 is 10.0 Å². The van der Waals surface area contributed by atoms with E-state index in [0.29, 0.717) is 25.3 Å². The van der Waals surface area contributed by atoms with Gasteiger partial charge in [-0.1, -0.05) is 12.1 Å². The second-order valence-electron chi connectivity index (χ2n) is 6.81. The van der Waals surface area contributed by atoms with E-state index in [1.165, 1.54) is 19.3 Å². The van der Waals surface area contributed by atoms with E-state index in [1.807, 2.05) is 6.92 Å². The van der Waals surface area contributed by atoms with Crippen molar-refractivity contribution in [1.29, 1.82) is 0 Å². The molecule has 9 heteroatoms. The lowest BCUT2D eigenvalue weighted by Gasteiger charge is -2.24. The zero-order chi connectivity index (χ0) is 21.5. The highest BCUT2D eigenvalue weighted by atomic mass is 32.2. The molecule has 7 nitrogen and oxygen atoms in total. The van der Waals surface area contributed by atoms with Gasteiger partial charge in [0.15, 0.2) is 0 Å². The van der Waals surface area contributed by atoms with Crippen molar-refractivity contribution < 1.29 is 27.0 Å². The molecule has 162 valence electrons. The Labute approximate surface area is 171 Å². The smallest absolute Gasteiger partial charge is 0.241 e. The van der Waals surface area contributed by atoms with Gasteiger partial charge in [-0.05, 0) is 44.0 Å². The number of halogens is 1. The first-order valence-corrected chi connectivity index (χ1v) is 11.0. The number of alkyl halides is 1. The molecule has 3 N–H and O–H groups in total. The fraction of sp³-hybridized carbons (Fsp3) is 0.500. The fourth-order valence-corrected chi connectivity index (χ4v) is 3.80. The van der Waals surface area contributed by atoms with E-state index in [0.717, 1.165) is 5.56 Å². The number of nitrogens with one attached hydrogen (secondary N) is 1. The van der Waals surface area contributed by atoms with Gasteiger partial charge in [-0.2, -0.15) is 0 Å². The van der Waals surface area contributed by atoms with Crippen molar-refractivity contribution in [3.63, 3.8) is 0 Å². The molecule has 2 atom stereocenters. The first-order chi connectivity index (χ1) is 13.7. The average Bonchev–Trinajstić information content (AvgIpc) is 2.64. The van der Waals surface area contributed by atoms with Crippen LogP contribution in [-0.4, -0.2) is 47.2 Å². The van der Waals surface area contributed by atoms with Crippen LogP contribution in [0.15, 0.2) is 47.1 Å². The maximum absolute atomic E-state index is 14.4. The molecule has 0 saturated carbocycles. The second-order valence-corrected chi connectivity index (χ2v) is 8.34. The summed E-state index contributed by atoms with van der Waals surface area (Å²) in [6, 6.07) is 4.97. The van der Waals surface area contributed by atoms with Gasteiger partial charge in [0.25, 0.3) is 0 Å². The highest BCUT2D eigenvalue weighted by Crippen LogP contribution is 2.27. The van der Waals surface area contributed by atoms with Crippen molar-refractivity contribution in [2.24, 2.45) is 5.14 Å². The zero-order valence-electron chi connectivity index (χ0n) is 17.0. The molecule has 0 aliphatic heterocycles. The van der Waals surface area contributed by atoms with Crippen LogP contribution in [0.1, 0.15) is 25.8 Å². The van der Waals surface area contributed by atoms with Crippen LogP contribution in [-0.2, 0) is 25.9 Å². The Morgan fingerprint density at radius 2 is 2.14 bits per heavy atom. The monoisotopic (exact) mass is 428 g/mol. The lowest BCUT2D eigenvalue weighted by molar-refractivity contribution is -0.102. The third-order valence-electron chi connectivity index (χ3n) is 4.36. The number of benzene rings is 1. The number of hydrogen-bond donors (Lipinski definition) is 2. The highest BCUT2D eigenvalue weighted by molar-refractivity contribution is 7.89. The fourth-order valence-electron chi connectivity index (χ4n) is 3.06. The summed E-state index contributed by atoms with van der Waals surface area (Å²) in [7, 11) is -2.47. The molecular formula is C20H29FN2O5S. The summed E-state index contributed by atoms with van der Waals surface area (Å²) >= 11 is 0. The van der Waals surface area contributed by atoms with Gasteiger partial charge in [-0.25, -0.2) is 17.9 Å². The van der Waals surface area contributed by atoms with Gasteiger partial charge < -0.3 is 19.5 Å². The van der Waals surface area contributed by atoms with Gasteiger partial charge >= 0.3 is 0 Å². The molecular weight excluding hydrogens is 399 g/mol. The van der Waals surface area contributed by atoms with Gasteiger partial charge in [-0.15, -0.1) is 0 Å². The Balaban J connectivity index is 1.84. The van der Waals surface area contributed by atoms with Crippen molar-refractivity contribution in [2.75, 3.05) is 26.9 Å². The molecule has 2 rings (SSSR count). The van der Waals surface area contributed by atoms with E-state index in [2.05, 4.69) is 5.32 Å². The molecule has 29 heavy (non-hydrogen) atoms. The molecule has 0 saturated heterocycles. The Morgan fingerprint density at radius 1 is 1.38 bits per heavy atom. The number of nitrogens with two attached hydrogens (primary N) is 1. The van der Waals surface area contributed by atoms with Crippen LogP contribution in [0.2, 0.25) is 0 Å². The van der Waals surface area contributed by atoms with Crippen molar-refractivity contribution in [2.45, 2.75) is 43.5 Å². The van der Waals surface area contributed by atoms with Crippen molar-refractivity contribution in [3.8, 4) is 5.75 Å². The normalized spacial score (nSPS) is 20.2. The zero-order valence-corrected chi connectivity index (χ0v) is 17.8. The quantitative estimate of drug-likeness (QED) is 0.525. The third-order valence-corrected chi connectivity index (χ3v) is 5.29. The SMILES string of the molecule is CCOC1(F)C=C(OCCNC(C)Cc2ccc(OC)c(S(N)(=O)=O)c2)C=CC1. The van der Waals surface area contributed by atoms with E-state index in [9.17, 15) is 12.8 Å². The van der Waals surface area contributed by atoms with Crippen LogP contribution in [0, 0.1) is 0 Å². The average molecular weight is 429 g/mol. The minimum atomic E-state index is -3.87. The van der Waals surface area contributed by atoms with E-state index in [1.54, 1.807) is 31.2 Å². The van der Waals surface area contributed by atoms with Gasteiger partial charge in [-0.3, -0.25) is 0 Å². The number of allylic oxidation sites excluding steroid dienone is 1. The predicted octanol–water partition coefficient (Wildman–Crippen LogP) is 2.43. The van der Waals surface area contributed by atoms with E-state index in [-0.39, 0.29) is 29.7 Å². The first kappa shape index (κ1) is 23.3. The van der Waals surface area contributed by atoms with E-state index < -0.39 is 15.9 Å². The molecule has 0 radical (unpaired) electrons. The summed E-state index contributed by atoms with van der Waals surface area (Å²) in [4.78, 5) is -0.0342. The minimum Gasteiger partial charge on any atom is -0.495 e. The summed E-state index contributed by atoms with van der Waals surface area (Å²) in [5, 5.41) is 8.54. The van der Waals surface area contributed by atoms with Crippen LogP contribution in [0.5, 0.6) is 5.75 Å². The van der Waals surface area contributed by atoms with Gasteiger partial charge in [0.2, 0.25) is 15.9 Å². The first-order valence-electron chi connectivity index (χ1n) is 9.45. The lowest BCUT2D eigenvalue weighted by Crippen LogP contribution is -2.31. The summed E-state index contributed by atoms with van der Waals surface area (Å²) in [6.45, 7) is 4.90. The molecule has 2 unspecified atom stereocenters. The Bertz CT molecular complexity index is 856. The van der Waals surface area contributed by atoms with Crippen LogP contribution < -0.4 is 15.2 Å². The Morgan fingerprint density at radius 3 is 2.79 bits per heavy atom. The molecule has 1 aliphatic carbocycles. The maximum atomic E-state index is 14.4. The topological polar surface area (TPSA) is 99.9 Å². The summed E-state index contributed by atoms with van der Waals surface area (Å²) < 4.78 is 53.6. The molecule has 1 aromatic rings. The summed E-state index contributed by atoms with van der Waals surface area (Å²) in [5.74, 6) is -1.15. The van der Waals surface area contributed by atoms with Gasteiger partial charge in [0.1, 0.15) is 23.0 Å². The van der Waals surface area contributed by atoms with Crippen LogP contribution in [0.4, 0.5) is 4.39 Å². The Kier molecular flexibility index (Phi) is 8.21. The summed E-state index contributed by atoms with van der Waals surface area (Å²) in [5.41, 5.74) is 0.813. The number of methoxy groups -OCH3 is 1. The van der Waals surface area contributed by atoms with Crippen LogP contribution in [0.25, 0.3) is 0 Å². The molecule has 1 aliphatic rings. The number of ether oxygens (including phenoxy) is 3. The number of hydrogen-bond acceptors (Lipinski definition) is 6. The lowest BCUT2D eigenvalue weighted by atomic mass is 10.1. The standard InChI is InChI=1S/C20H29FN2O5S/c1-4-28-20(21)9-5-6-17(14-20)27-11-10-23-15(2)12-16-7-8-18(26-3)19(13-16)29(22,24)25/h5-8,13-15,23H,4,9-12H2,1-3H3,(H2,22,24,25). The van der Waals surface area contributed by atoms with Gasteiger partial charge in [0.05, 0.1) is 7.11 Å². The molecule has 0 bridgehead atoms. The largest absolute Gasteiger partial charge is 0.495 e. The molecule has 0 heterocycles. The van der Waals surface area contributed by atoms with Crippen molar-refractivity contribution in [3.05, 3.63) is 47.7 Å². The molecule has 0 amide bonds. The third kappa shape index (κ3) is 7.11. The molecule has 0 fully saturated rings. The number of primary sulfonamides is 1.